The number of aromatic nitrogens is 1. The van der Waals surface area contributed by atoms with Gasteiger partial charge in [-0.25, -0.2) is 0 Å². The Morgan fingerprint density at radius 3 is 2.72 bits per heavy atom. The highest BCUT2D eigenvalue weighted by atomic mass is 79.9. The molecule has 1 aromatic heterocycles. The number of para-hydroxylation sites is 1. The van der Waals surface area contributed by atoms with Gasteiger partial charge in [0.1, 0.15) is 0 Å². The molecule has 0 saturated heterocycles. The third-order valence-electron chi connectivity index (χ3n) is 2.55. The summed E-state index contributed by atoms with van der Waals surface area (Å²) in [5, 5.41) is 3.23. The number of benzene rings is 1. The van der Waals surface area contributed by atoms with Gasteiger partial charge in [-0.05, 0) is 47.1 Å². The van der Waals surface area contributed by atoms with E-state index in [2.05, 4.69) is 26.2 Å². The summed E-state index contributed by atoms with van der Waals surface area (Å²) in [6.07, 6.45) is 1.76. The molecule has 1 heterocycles. The molecular formula is C14H13BrN2O. The number of halogens is 1. The third kappa shape index (κ3) is 3.17. The molecule has 92 valence electrons. The van der Waals surface area contributed by atoms with Crippen molar-refractivity contribution in [1.82, 2.24) is 4.98 Å². The largest absolute Gasteiger partial charge is 0.379 e. The van der Waals surface area contributed by atoms with Gasteiger partial charge >= 0.3 is 0 Å². The Hall–Kier alpha value is -1.68. The molecule has 0 bridgehead atoms. The molecule has 0 aliphatic rings. The number of hydrogen-bond acceptors (Lipinski definition) is 3. The van der Waals surface area contributed by atoms with Gasteiger partial charge in [-0.15, -0.1) is 0 Å². The van der Waals surface area contributed by atoms with Crippen LogP contribution in [0.25, 0.3) is 0 Å². The minimum atomic E-state index is 0.0573. The van der Waals surface area contributed by atoms with Crippen LogP contribution in [0.3, 0.4) is 0 Å². The highest BCUT2D eigenvalue weighted by Crippen LogP contribution is 2.16. The smallest absolute Gasteiger partial charge is 0.161 e. The van der Waals surface area contributed by atoms with Crippen LogP contribution in [0, 0.1) is 0 Å². The van der Waals surface area contributed by atoms with E-state index in [-0.39, 0.29) is 5.78 Å². The zero-order chi connectivity index (χ0) is 13.0. The molecule has 2 rings (SSSR count). The molecule has 0 radical (unpaired) electrons. The Kier molecular flexibility index (Phi) is 4.10. The summed E-state index contributed by atoms with van der Waals surface area (Å²) in [6, 6.07) is 11.4. The second kappa shape index (κ2) is 5.78. The van der Waals surface area contributed by atoms with Gasteiger partial charge in [-0.2, -0.15) is 0 Å². The highest BCUT2D eigenvalue weighted by molar-refractivity contribution is 9.10. The Bertz CT molecular complexity index is 552. The molecule has 1 aromatic carbocycles. The fraction of sp³-hybridized carbons (Fsp3) is 0.143. The standard InChI is InChI=1S/C14H13BrN2O/c1-10(18)13-4-2-3-5-14(13)17-9-12-7-6-11(15)8-16-12/h2-8,17H,9H2,1H3. The molecule has 2 aromatic rings. The van der Waals surface area contributed by atoms with Crippen molar-refractivity contribution in [1.29, 1.82) is 0 Å². The Labute approximate surface area is 114 Å². The molecule has 0 aliphatic carbocycles. The van der Waals surface area contributed by atoms with E-state index in [1.165, 1.54) is 0 Å². The fourth-order valence-corrected chi connectivity index (χ4v) is 1.88. The van der Waals surface area contributed by atoms with Gasteiger partial charge in [0.2, 0.25) is 0 Å². The lowest BCUT2D eigenvalue weighted by Gasteiger charge is -2.09. The Balaban J connectivity index is 2.10. The molecule has 0 fully saturated rings. The van der Waals surface area contributed by atoms with Crippen LogP contribution in [-0.2, 0) is 6.54 Å². The molecule has 4 heteroatoms. The van der Waals surface area contributed by atoms with Crippen LogP contribution in [0.5, 0.6) is 0 Å². The topological polar surface area (TPSA) is 42.0 Å². The SMILES string of the molecule is CC(=O)c1ccccc1NCc1ccc(Br)cn1. The first-order valence-electron chi connectivity index (χ1n) is 5.61. The molecule has 3 nitrogen and oxygen atoms in total. The number of pyridine rings is 1. The number of Topliss-reactive ketones (excluding diaryl/α,β-unsaturated/α-hetero) is 1. The van der Waals surface area contributed by atoms with Crippen LogP contribution in [0.15, 0.2) is 47.1 Å². The molecule has 0 amide bonds. The van der Waals surface area contributed by atoms with Crippen molar-refractivity contribution in [3.05, 3.63) is 58.3 Å². The molecule has 0 spiro atoms. The normalized spacial score (nSPS) is 10.1. The maximum atomic E-state index is 11.5. The number of hydrogen-bond donors (Lipinski definition) is 1. The van der Waals surface area contributed by atoms with E-state index in [0.29, 0.717) is 12.1 Å². The summed E-state index contributed by atoms with van der Waals surface area (Å²) < 4.78 is 0.954. The van der Waals surface area contributed by atoms with E-state index < -0.39 is 0 Å². The molecule has 0 aliphatic heterocycles. The molecule has 18 heavy (non-hydrogen) atoms. The average Bonchev–Trinajstić information content (AvgIpc) is 2.38. The lowest BCUT2D eigenvalue weighted by Crippen LogP contribution is -2.05. The second-order valence-electron chi connectivity index (χ2n) is 3.92. The van der Waals surface area contributed by atoms with Crippen LogP contribution in [0.4, 0.5) is 5.69 Å². The molecule has 0 unspecified atom stereocenters. The van der Waals surface area contributed by atoms with Gasteiger partial charge in [-0.3, -0.25) is 9.78 Å². The Morgan fingerprint density at radius 2 is 2.06 bits per heavy atom. The van der Waals surface area contributed by atoms with Crippen molar-refractivity contribution in [3.8, 4) is 0 Å². The number of nitrogens with one attached hydrogen (secondary N) is 1. The van der Waals surface area contributed by atoms with Crippen molar-refractivity contribution in [2.45, 2.75) is 13.5 Å². The van der Waals surface area contributed by atoms with Crippen molar-refractivity contribution in [2.24, 2.45) is 0 Å². The quantitative estimate of drug-likeness (QED) is 0.877. The molecule has 0 saturated carbocycles. The van der Waals surface area contributed by atoms with Gasteiger partial charge < -0.3 is 5.32 Å². The van der Waals surface area contributed by atoms with Gasteiger partial charge in [-0.1, -0.05) is 12.1 Å². The number of nitrogens with zero attached hydrogens (tertiary/aromatic N) is 1. The van der Waals surface area contributed by atoms with Gasteiger partial charge in [0.05, 0.1) is 12.2 Å². The van der Waals surface area contributed by atoms with Crippen molar-refractivity contribution in [3.63, 3.8) is 0 Å². The third-order valence-corrected chi connectivity index (χ3v) is 3.02. The van der Waals surface area contributed by atoms with E-state index in [9.17, 15) is 4.79 Å². The summed E-state index contributed by atoms with van der Waals surface area (Å²) in [6.45, 7) is 2.16. The minimum Gasteiger partial charge on any atom is -0.379 e. The summed E-state index contributed by atoms with van der Waals surface area (Å²) in [7, 11) is 0. The first-order valence-corrected chi connectivity index (χ1v) is 6.40. The number of carbonyl (C=O) groups excluding carboxylic acids is 1. The lowest BCUT2D eigenvalue weighted by atomic mass is 10.1. The van der Waals surface area contributed by atoms with Crippen molar-refractivity contribution in [2.75, 3.05) is 5.32 Å². The van der Waals surface area contributed by atoms with E-state index in [0.717, 1.165) is 15.9 Å². The summed E-state index contributed by atoms with van der Waals surface area (Å²) in [5.41, 5.74) is 2.47. The highest BCUT2D eigenvalue weighted by Gasteiger charge is 2.05. The maximum Gasteiger partial charge on any atom is 0.161 e. The predicted octanol–water partition coefficient (Wildman–Crippen LogP) is 3.66. The second-order valence-corrected chi connectivity index (χ2v) is 4.84. The monoisotopic (exact) mass is 304 g/mol. The van der Waals surface area contributed by atoms with E-state index in [4.69, 9.17) is 0 Å². The zero-order valence-electron chi connectivity index (χ0n) is 9.98. The number of ketones is 1. The fourth-order valence-electron chi connectivity index (χ4n) is 1.64. The maximum absolute atomic E-state index is 11.5. The minimum absolute atomic E-state index is 0.0573. The number of anilines is 1. The number of rotatable bonds is 4. The van der Waals surface area contributed by atoms with E-state index in [1.54, 1.807) is 13.1 Å². The summed E-state index contributed by atoms with van der Waals surface area (Å²) in [5.74, 6) is 0.0573. The van der Waals surface area contributed by atoms with Crippen LogP contribution < -0.4 is 5.32 Å². The van der Waals surface area contributed by atoms with Gasteiger partial charge in [0.15, 0.2) is 5.78 Å². The predicted molar refractivity (Wildman–Crippen MR) is 75.7 cm³/mol. The van der Waals surface area contributed by atoms with E-state index in [1.807, 2.05) is 36.4 Å². The van der Waals surface area contributed by atoms with Crippen LogP contribution in [0.1, 0.15) is 23.0 Å². The van der Waals surface area contributed by atoms with Crippen molar-refractivity contribution < 1.29 is 4.79 Å². The molecular weight excluding hydrogens is 292 g/mol. The zero-order valence-corrected chi connectivity index (χ0v) is 11.6. The summed E-state index contributed by atoms with van der Waals surface area (Å²) in [4.78, 5) is 15.7. The van der Waals surface area contributed by atoms with E-state index >= 15 is 0 Å². The summed E-state index contributed by atoms with van der Waals surface area (Å²) >= 11 is 3.34. The van der Waals surface area contributed by atoms with Crippen LogP contribution >= 0.6 is 15.9 Å². The average molecular weight is 305 g/mol. The van der Waals surface area contributed by atoms with Gasteiger partial charge in [0.25, 0.3) is 0 Å². The Morgan fingerprint density at radius 1 is 1.28 bits per heavy atom. The first kappa shape index (κ1) is 12.8. The first-order chi connectivity index (χ1) is 8.66. The number of carbonyl (C=O) groups is 1. The molecule has 1 N–H and O–H groups in total. The van der Waals surface area contributed by atoms with Crippen molar-refractivity contribution >= 4 is 27.4 Å². The van der Waals surface area contributed by atoms with Crippen LogP contribution in [-0.4, -0.2) is 10.8 Å². The lowest BCUT2D eigenvalue weighted by molar-refractivity contribution is 0.101. The van der Waals surface area contributed by atoms with Crippen LogP contribution in [0.2, 0.25) is 0 Å². The van der Waals surface area contributed by atoms with Gasteiger partial charge in [0, 0.05) is 21.9 Å². The molecule has 0 atom stereocenters.